The number of hydrogen-bond donors (Lipinski definition) is 1. The Bertz CT molecular complexity index is 378. The van der Waals surface area contributed by atoms with Crippen molar-refractivity contribution in [3.63, 3.8) is 0 Å². The van der Waals surface area contributed by atoms with E-state index in [0.717, 1.165) is 19.5 Å². The molecule has 3 heteroatoms. The van der Waals surface area contributed by atoms with E-state index in [9.17, 15) is 9.18 Å². The van der Waals surface area contributed by atoms with Crippen molar-refractivity contribution in [3.8, 4) is 0 Å². The summed E-state index contributed by atoms with van der Waals surface area (Å²) in [6.07, 6.45) is 2.00. The molecule has 1 heterocycles. The van der Waals surface area contributed by atoms with E-state index in [2.05, 4.69) is 5.32 Å². The minimum atomic E-state index is -0.168. The maximum atomic E-state index is 13.3. The highest BCUT2D eigenvalue weighted by atomic mass is 19.1. The molecule has 1 unspecified atom stereocenters. The summed E-state index contributed by atoms with van der Waals surface area (Å²) in [5.41, 5.74) is 0.709. The van der Waals surface area contributed by atoms with Crippen molar-refractivity contribution < 1.29 is 9.18 Å². The maximum absolute atomic E-state index is 13.3. The number of ketones is 1. The van der Waals surface area contributed by atoms with Gasteiger partial charge in [0.2, 0.25) is 0 Å². The van der Waals surface area contributed by atoms with Gasteiger partial charge in [0, 0.05) is 25.4 Å². The highest BCUT2D eigenvalue weighted by Gasteiger charge is 2.21. The number of Topliss-reactive ketones (excluding diaryl/α,β-unsaturated/α-hetero) is 1. The molecule has 1 N–H and O–H groups in total. The zero-order chi connectivity index (χ0) is 11.4. The molecule has 16 heavy (non-hydrogen) atoms. The fourth-order valence-corrected chi connectivity index (χ4v) is 2.10. The highest BCUT2D eigenvalue weighted by molar-refractivity contribution is 5.82. The molecule has 2 nitrogen and oxygen atoms in total. The molecular formula is C13H16FNO. The molecule has 0 spiro atoms. The van der Waals surface area contributed by atoms with E-state index in [0.29, 0.717) is 24.2 Å². The van der Waals surface area contributed by atoms with Gasteiger partial charge in [-0.3, -0.25) is 4.79 Å². The summed E-state index contributed by atoms with van der Waals surface area (Å²) in [6.45, 7) is 1.53. The van der Waals surface area contributed by atoms with E-state index in [1.54, 1.807) is 12.1 Å². The predicted octanol–water partition coefficient (Wildman–Crippen LogP) is 1.94. The molecule has 0 aromatic heterocycles. The third-order valence-corrected chi connectivity index (χ3v) is 3.11. The number of rotatable bonds is 3. The molecule has 1 aromatic carbocycles. The van der Waals surface area contributed by atoms with Crippen molar-refractivity contribution in [2.45, 2.75) is 19.3 Å². The Hall–Kier alpha value is -1.22. The summed E-state index contributed by atoms with van der Waals surface area (Å²) in [4.78, 5) is 11.6. The second-order valence-corrected chi connectivity index (χ2v) is 4.25. The second-order valence-electron chi connectivity index (χ2n) is 4.25. The number of halogens is 1. The van der Waals surface area contributed by atoms with Crippen LogP contribution in [0.1, 0.15) is 18.4 Å². The van der Waals surface area contributed by atoms with Crippen molar-refractivity contribution in [3.05, 3.63) is 35.6 Å². The molecule has 2 rings (SSSR count). The lowest BCUT2D eigenvalue weighted by Gasteiger charge is -2.21. The molecule has 0 radical (unpaired) electrons. The van der Waals surface area contributed by atoms with Crippen LogP contribution in [0.25, 0.3) is 0 Å². The van der Waals surface area contributed by atoms with Crippen LogP contribution in [0.4, 0.5) is 4.39 Å². The molecule has 1 aromatic rings. The van der Waals surface area contributed by atoms with Crippen LogP contribution in [-0.4, -0.2) is 18.9 Å². The summed E-state index contributed by atoms with van der Waals surface area (Å²) in [5, 5.41) is 3.20. The zero-order valence-corrected chi connectivity index (χ0v) is 9.21. The fourth-order valence-electron chi connectivity index (χ4n) is 2.10. The van der Waals surface area contributed by atoms with Crippen LogP contribution in [0.15, 0.2) is 24.3 Å². The summed E-state index contributed by atoms with van der Waals surface area (Å²) in [7, 11) is 0. The first-order valence-electron chi connectivity index (χ1n) is 5.74. The quantitative estimate of drug-likeness (QED) is 0.845. The van der Waals surface area contributed by atoms with Crippen LogP contribution in [0, 0.1) is 11.7 Å². The van der Waals surface area contributed by atoms with Gasteiger partial charge in [0.15, 0.2) is 0 Å². The van der Waals surface area contributed by atoms with Gasteiger partial charge in [0.25, 0.3) is 0 Å². The van der Waals surface area contributed by atoms with Crippen LogP contribution < -0.4 is 5.32 Å². The SMILES string of the molecule is O=C1CCNCC1CCc1ccccc1F. The Balaban J connectivity index is 1.92. The molecule has 1 fully saturated rings. The molecule has 0 amide bonds. The summed E-state index contributed by atoms with van der Waals surface area (Å²) < 4.78 is 13.3. The van der Waals surface area contributed by atoms with Crippen molar-refractivity contribution >= 4 is 5.78 Å². The molecule has 0 bridgehead atoms. The third kappa shape index (κ3) is 2.67. The number of benzene rings is 1. The summed E-state index contributed by atoms with van der Waals surface area (Å²) in [6, 6.07) is 6.78. The lowest BCUT2D eigenvalue weighted by atomic mass is 9.91. The predicted molar refractivity (Wildman–Crippen MR) is 60.7 cm³/mol. The van der Waals surface area contributed by atoms with Crippen LogP contribution in [0.5, 0.6) is 0 Å². The maximum Gasteiger partial charge on any atom is 0.138 e. The van der Waals surface area contributed by atoms with Gasteiger partial charge in [-0.1, -0.05) is 18.2 Å². The monoisotopic (exact) mass is 221 g/mol. The lowest BCUT2D eigenvalue weighted by Crippen LogP contribution is -2.37. The van der Waals surface area contributed by atoms with Gasteiger partial charge < -0.3 is 5.32 Å². The minimum Gasteiger partial charge on any atom is -0.316 e. The van der Waals surface area contributed by atoms with Gasteiger partial charge in [-0.05, 0) is 24.5 Å². The van der Waals surface area contributed by atoms with Crippen molar-refractivity contribution in [1.82, 2.24) is 5.32 Å². The smallest absolute Gasteiger partial charge is 0.138 e. The number of carbonyl (C=O) groups excluding carboxylic acids is 1. The molecule has 1 aliphatic heterocycles. The summed E-state index contributed by atoms with van der Waals surface area (Å²) >= 11 is 0. The second kappa shape index (κ2) is 5.21. The molecule has 86 valence electrons. The first-order chi connectivity index (χ1) is 7.77. The first kappa shape index (κ1) is 11.3. The Morgan fingerprint density at radius 3 is 2.94 bits per heavy atom. The molecular weight excluding hydrogens is 205 g/mol. The van der Waals surface area contributed by atoms with E-state index in [-0.39, 0.29) is 11.7 Å². The Morgan fingerprint density at radius 2 is 2.19 bits per heavy atom. The van der Waals surface area contributed by atoms with Gasteiger partial charge in [-0.25, -0.2) is 4.39 Å². The number of nitrogens with one attached hydrogen (secondary N) is 1. The molecule has 0 aliphatic carbocycles. The molecule has 1 saturated heterocycles. The number of aryl methyl sites for hydroxylation is 1. The topological polar surface area (TPSA) is 29.1 Å². The van der Waals surface area contributed by atoms with Crippen LogP contribution >= 0.6 is 0 Å². The normalized spacial score (nSPS) is 21.1. The van der Waals surface area contributed by atoms with Crippen LogP contribution in [0.2, 0.25) is 0 Å². The third-order valence-electron chi connectivity index (χ3n) is 3.11. The van der Waals surface area contributed by atoms with Gasteiger partial charge >= 0.3 is 0 Å². The number of carbonyl (C=O) groups is 1. The average Bonchev–Trinajstić information content (AvgIpc) is 2.30. The largest absolute Gasteiger partial charge is 0.316 e. The summed E-state index contributed by atoms with van der Waals surface area (Å²) in [5.74, 6) is 0.210. The van der Waals surface area contributed by atoms with Crippen molar-refractivity contribution in [2.75, 3.05) is 13.1 Å². The Kier molecular flexibility index (Phi) is 3.67. The van der Waals surface area contributed by atoms with E-state index in [4.69, 9.17) is 0 Å². The van der Waals surface area contributed by atoms with Crippen molar-refractivity contribution in [2.24, 2.45) is 5.92 Å². The van der Waals surface area contributed by atoms with Crippen LogP contribution in [0.3, 0.4) is 0 Å². The Labute approximate surface area is 94.9 Å². The Morgan fingerprint density at radius 1 is 1.38 bits per heavy atom. The van der Waals surface area contributed by atoms with Gasteiger partial charge in [0.05, 0.1) is 0 Å². The van der Waals surface area contributed by atoms with Gasteiger partial charge in [0.1, 0.15) is 11.6 Å². The van der Waals surface area contributed by atoms with Crippen LogP contribution in [-0.2, 0) is 11.2 Å². The first-order valence-corrected chi connectivity index (χ1v) is 5.74. The van der Waals surface area contributed by atoms with Gasteiger partial charge in [-0.15, -0.1) is 0 Å². The zero-order valence-electron chi connectivity index (χ0n) is 9.21. The fraction of sp³-hybridized carbons (Fsp3) is 0.462. The minimum absolute atomic E-state index is 0.0633. The molecule has 0 saturated carbocycles. The van der Waals surface area contributed by atoms with E-state index >= 15 is 0 Å². The van der Waals surface area contributed by atoms with Crippen molar-refractivity contribution in [1.29, 1.82) is 0 Å². The van der Waals surface area contributed by atoms with E-state index in [1.165, 1.54) is 6.07 Å². The van der Waals surface area contributed by atoms with E-state index in [1.807, 2.05) is 6.07 Å². The number of hydrogen-bond acceptors (Lipinski definition) is 2. The number of piperidine rings is 1. The standard InChI is InChI=1S/C13H16FNO/c14-12-4-2-1-3-10(12)5-6-11-9-15-8-7-13(11)16/h1-4,11,15H,5-9H2. The lowest BCUT2D eigenvalue weighted by molar-refractivity contribution is -0.124. The van der Waals surface area contributed by atoms with Gasteiger partial charge in [-0.2, -0.15) is 0 Å². The van der Waals surface area contributed by atoms with E-state index < -0.39 is 0 Å². The molecule has 1 aliphatic rings. The highest BCUT2D eigenvalue weighted by Crippen LogP contribution is 2.16. The molecule has 1 atom stereocenters. The average molecular weight is 221 g/mol.